The molecule has 0 atom stereocenters. The van der Waals surface area contributed by atoms with Crippen LogP contribution >= 0.6 is 19.4 Å². The molecule has 0 heterocycles. The molecule has 0 saturated carbocycles. The molecular formula is C12H12ClF6FeP-. The smallest absolute Gasteiger partial charge is 0.00506 e. The maximum atomic E-state index is 9.87. The molecule has 0 N–H and O–H groups in total. The molecule has 1 aromatic carbocycles. The molecular weight excluding hydrogens is 380 g/mol. The van der Waals surface area contributed by atoms with E-state index in [9.17, 15) is 25.2 Å². The van der Waals surface area contributed by atoms with Crippen molar-refractivity contribution in [1.82, 2.24) is 0 Å². The molecule has 0 aliphatic heterocycles. The van der Waals surface area contributed by atoms with Crippen LogP contribution in [0.5, 0.6) is 0 Å². The van der Waals surface area contributed by atoms with Crippen molar-refractivity contribution in [3.8, 4) is 0 Å². The number of halogens is 7. The molecule has 0 nitrogen and oxygen atoms in total. The third kappa shape index (κ3) is 28.4. The molecule has 1 aliphatic carbocycles. The normalized spacial score (nSPS) is 15.4. The van der Waals surface area contributed by atoms with Gasteiger partial charge in [-0.05, 0) is 19.1 Å². The Morgan fingerprint density at radius 3 is 1.29 bits per heavy atom. The summed E-state index contributed by atoms with van der Waals surface area (Å²) in [5.41, 5.74) is 1.24. The van der Waals surface area contributed by atoms with E-state index in [1.165, 1.54) is 5.56 Å². The molecule has 1 aliphatic rings. The van der Waals surface area contributed by atoms with Gasteiger partial charge in [-0.2, -0.15) is 0 Å². The Morgan fingerprint density at radius 2 is 1.10 bits per heavy atom. The summed E-state index contributed by atoms with van der Waals surface area (Å²) in [6, 6.07) is 7.75. The summed E-state index contributed by atoms with van der Waals surface area (Å²) in [4.78, 5) is 0. The zero-order valence-corrected chi connectivity index (χ0v) is 13.4. The number of allylic oxidation sites excluding steroid dienone is 4. The fraction of sp³-hybridized carbons (Fsp3) is 0.0833. The van der Waals surface area contributed by atoms with Crippen LogP contribution in [0.15, 0.2) is 48.6 Å². The Labute approximate surface area is 134 Å². The average Bonchev–Trinajstić information content (AvgIpc) is 2.76. The Bertz CT molecular complexity index is 435. The molecule has 0 bridgehead atoms. The van der Waals surface area contributed by atoms with Crippen molar-refractivity contribution >= 4 is 19.4 Å². The molecule has 0 spiro atoms. The zero-order valence-electron chi connectivity index (χ0n) is 10.6. The minimum Gasteiger partial charge on any atom is -0.0767 e. The summed E-state index contributed by atoms with van der Waals surface area (Å²) in [6.45, 7) is 2.04. The molecule has 1 aromatic rings. The summed E-state index contributed by atoms with van der Waals surface area (Å²) < 4.78 is 59.2. The SMILES string of the molecule is Cc1ccc(Cl)cc1.F[P-](F)(F)(F)(F)F.[CH]1C=CC=C1.[Fe]. The van der Waals surface area contributed by atoms with Gasteiger partial charge >= 0.3 is 33.0 Å². The molecule has 0 fully saturated rings. The first kappa shape index (κ1) is 22.8. The van der Waals surface area contributed by atoms with Crippen molar-refractivity contribution in [2.75, 3.05) is 0 Å². The molecule has 0 amide bonds. The average molecular weight is 392 g/mol. The molecule has 1 radical (unpaired) electrons. The van der Waals surface area contributed by atoms with E-state index in [1.807, 2.05) is 61.9 Å². The van der Waals surface area contributed by atoms with Gasteiger partial charge < -0.3 is 0 Å². The van der Waals surface area contributed by atoms with E-state index in [2.05, 4.69) is 0 Å². The van der Waals surface area contributed by atoms with Gasteiger partial charge in [-0.25, -0.2) is 0 Å². The van der Waals surface area contributed by atoms with Gasteiger partial charge in [0.25, 0.3) is 0 Å². The number of hydrogen-bond acceptors (Lipinski definition) is 0. The molecule has 123 valence electrons. The van der Waals surface area contributed by atoms with E-state index in [4.69, 9.17) is 11.6 Å². The molecule has 9 heteroatoms. The topological polar surface area (TPSA) is 0 Å². The fourth-order valence-corrected chi connectivity index (χ4v) is 0.980. The molecule has 0 saturated heterocycles. The Hall–Kier alpha value is -0.481. The van der Waals surface area contributed by atoms with E-state index < -0.39 is 7.81 Å². The quantitative estimate of drug-likeness (QED) is 0.246. The van der Waals surface area contributed by atoms with Gasteiger partial charge in [-0.1, -0.05) is 53.6 Å². The van der Waals surface area contributed by atoms with Crippen molar-refractivity contribution in [2.24, 2.45) is 0 Å². The van der Waals surface area contributed by atoms with E-state index in [0.717, 1.165) is 5.02 Å². The Morgan fingerprint density at radius 1 is 0.762 bits per heavy atom. The second-order valence-electron chi connectivity index (χ2n) is 3.72. The van der Waals surface area contributed by atoms with Crippen molar-refractivity contribution in [3.63, 3.8) is 0 Å². The third-order valence-electron chi connectivity index (χ3n) is 1.57. The van der Waals surface area contributed by atoms with Gasteiger partial charge in [0, 0.05) is 28.5 Å². The second-order valence-corrected chi connectivity index (χ2v) is 6.07. The molecule has 0 aromatic heterocycles. The van der Waals surface area contributed by atoms with Gasteiger partial charge in [0.2, 0.25) is 0 Å². The number of aryl methyl sites for hydroxylation is 1. The minimum absolute atomic E-state index is 0. The first-order chi connectivity index (χ1) is 8.74. The summed E-state index contributed by atoms with van der Waals surface area (Å²) in [5, 5.41) is 0.801. The number of rotatable bonds is 0. The van der Waals surface area contributed by atoms with E-state index in [-0.39, 0.29) is 17.1 Å². The van der Waals surface area contributed by atoms with Crippen LogP contribution in [0.4, 0.5) is 25.2 Å². The van der Waals surface area contributed by atoms with Crippen molar-refractivity contribution in [1.29, 1.82) is 0 Å². The first-order valence-corrected chi connectivity index (χ1v) is 7.60. The van der Waals surface area contributed by atoms with Crippen LogP contribution in [0.25, 0.3) is 0 Å². The van der Waals surface area contributed by atoms with Crippen LogP contribution in [0.1, 0.15) is 5.56 Å². The van der Waals surface area contributed by atoms with Crippen LogP contribution < -0.4 is 0 Å². The Balaban J connectivity index is 0. The first-order valence-electron chi connectivity index (χ1n) is 5.19. The van der Waals surface area contributed by atoms with Crippen LogP contribution in [0, 0.1) is 13.3 Å². The van der Waals surface area contributed by atoms with Gasteiger partial charge in [-0.15, -0.1) is 0 Å². The van der Waals surface area contributed by atoms with Gasteiger partial charge in [0.15, 0.2) is 0 Å². The predicted molar refractivity (Wildman–Crippen MR) is 72.3 cm³/mol. The molecule has 0 unspecified atom stereocenters. The number of benzene rings is 1. The standard InChI is InChI=1S/C7H7Cl.C5H5.F6P.Fe/c1-6-2-4-7(8)5-3-6;1-2-4-5-3-1;1-7(2,3,4,5)6;/h2-5H,1H3;1-5H;;/q;;-1;. The summed E-state index contributed by atoms with van der Waals surface area (Å²) in [7, 11) is -10.7. The van der Waals surface area contributed by atoms with E-state index in [1.54, 1.807) is 0 Å². The fourth-order valence-electron chi connectivity index (χ4n) is 0.854. The minimum atomic E-state index is -10.7. The maximum Gasteiger partial charge on any atom is 0.00506 e. The maximum absolute atomic E-state index is 10.7. The van der Waals surface area contributed by atoms with Crippen molar-refractivity contribution < 1.29 is 42.3 Å². The summed E-state index contributed by atoms with van der Waals surface area (Å²) in [6.07, 6.45) is 10.0. The number of hydrogen-bond donors (Lipinski definition) is 0. The monoisotopic (exact) mass is 392 g/mol. The Kier molecular flexibility index (Phi) is 8.34. The van der Waals surface area contributed by atoms with Gasteiger partial charge in [-0.3, -0.25) is 0 Å². The van der Waals surface area contributed by atoms with E-state index >= 15 is 0 Å². The zero-order chi connectivity index (χ0) is 15.9. The summed E-state index contributed by atoms with van der Waals surface area (Å²) in [5.74, 6) is 0. The predicted octanol–water partition coefficient (Wildman–Crippen LogP) is 7.35. The van der Waals surface area contributed by atoms with Crippen LogP contribution in [-0.2, 0) is 17.1 Å². The van der Waals surface area contributed by atoms with Gasteiger partial charge in [0.05, 0.1) is 0 Å². The summed E-state index contributed by atoms with van der Waals surface area (Å²) >= 11 is 5.61. The third-order valence-corrected chi connectivity index (χ3v) is 1.82. The van der Waals surface area contributed by atoms with Crippen molar-refractivity contribution in [2.45, 2.75) is 6.92 Å². The second kappa shape index (κ2) is 7.68. The molecule has 21 heavy (non-hydrogen) atoms. The largest absolute Gasteiger partial charge is 0.0767 e. The van der Waals surface area contributed by atoms with Crippen LogP contribution in [0.3, 0.4) is 0 Å². The molecule has 2 rings (SSSR count). The van der Waals surface area contributed by atoms with Crippen molar-refractivity contribution in [3.05, 3.63) is 65.6 Å². The van der Waals surface area contributed by atoms with E-state index in [0.29, 0.717) is 0 Å². The van der Waals surface area contributed by atoms with Gasteiger partial charge in [0.1, 0.15) is 0 Å². The van der Waals surface area contributed by atoms with Crippen LogP contribution in [0.2, 0.25) is 5.02 Å². The van der Waals surface area contributed by atoms with Crippen LogP contribution in [-0.4, -0.2) is 0 Å².